The van der Waals surface area contributed by atoms with E-state index in [1.54, 1.807) is 0 Å². The molecular formula is C17H14N2. The van der Waals surface area contributed by atoms with Gasteiger partial charge in [0.1, 0.15) is 0 Å². The minimum absolute atomic E-state index is 0.315. The van der Waals surface area contributed by atoms with Gasteiger partial charge in [-0.25, -0.2) is 0 Å². The molecular weight excluding hydrogens is 232 g/mol. The van der Waals surface area contributed by atoms with Gasteiger partial charge in [-0.15, -0.1) is 0 Å². The molecule has 1 aliphatic rings. The first-order valence-corrected chi connectivity index (χ1v) is 6.59. The summed E-state index contributed by atoms with van der Waals surface area (Å²) < 4.78 is 2.40. The van der Waals surface area contributed by atoms with E-state index in [0.717, 1.165) is 6.54 Å². The van der Waals surface area contributed by atoms with Gasteiger partial charge in [0.15, 0.2) is 0 Å². The second-order valence-corrected chi connectivity index (χ2v) is 4.87. The van der Waals surface area contributed by atoms with Crippen molar-refractivity contribution >= 4 is 28.0 Å². The maximum Gasteiger partial charge on any atom is 0.0721 e. The Bertz CT molecular complexity index is 755. The Morgan fingerprint density at radius 3 is 2.11 bits per heavy atom. The van der Waals surface area contributed by atoms with Gasteiger partial charge in [-0.05, 0) is 18.2 Å². The third-order valence-corrected chi connectivity index (χ3v) is 3.77. The molecule has 1 atom stereocenters. The minimum Gasteiger partial charge on any atom is -0.332 e. The van der Waals surface area contributed by atoms with Crippen LogP contribution in [0.15, 0.2) is 65.7 Å². The van der Waals surface area contributed by atoms with Gasteiger partial charge in [-0.3, -0.25) is 4.99 Å². The average Bonchev–Trinajstić information content (AvgIpc) is 2.83. The summed E-state index contributed by atoms with van der Waals surface area (Å²) in [7, 11) is 0. The lowest BCUT2D eigenvalue weighted by Gasteiger charge is -2.17. The SMILES string of the molecule is C1=C[C@H](n2c3ccccc3c3ccccc32)CN=C1. The fourth-order valence-corrected chi connectivity index (χ4v) is 2.95. The van der Waals surface area contributed by atoms with Crippen LogP contribution in [0.5, 0.6) is 0 Å². The number of aromatic nitrogens is 1. The van der Waals surface area contributed by atoms with E-state index < -0.39 is 0 Å². The Hall–Kier alpha value is -2.35. The number of hydrogen-bond acceptors (Lipinski definition) is 1. The maximum atomic E-state index is 4.40. The molecule has 0 bridgehead atoms. The monoisotopic (exact) mass is 246 g/mol. The zero-order valence-corrected chi connectivity index (χ0v) is 10.5. The number of dihydropyridines is 1. The summed E-state index contributed by atoms with van der Waals surface area (Å²) in [5.74, 6) is 0. The largest absolute Gasteiger partial charge is 0.332 e. The molecule has 0 amide bonds. The van der Waals surface area contributed by atoms with E-state index in [9.17, 15) is 0 Å². The Morgan fingerprint density at radius 1 is 0.895 bits per heavy atom. The smallest absolute Gasteiger partial charge is 0.0721 e. The van der Waals surface area contributed by atoms with Crippen LogP contribution in [-0.2, 0) is 0 Å². The summed E-state index contributed by atoms with van der Waals surface area (Å²) in [5.41, 5.74) is 2.57. The van der Waals surface area contributed by atoms with E-state index in [2.05, 4.69) is 64.2 Å². The highest BCUT2D eigenvalue weighted by Gasteiger charge is 2.16. The lowest BCUT2D eigenvalue weighted by atomic mass is 10.2. The van der Waals surface area contributed by atoms with E-state index in [4.69, 9.17) is 0 Å². The molecule has 0 N–H and O–H groups in total. The van der Waals surface area contributed by atoms with Crippen molar-refractivity contribution in [3.8, 4) is 0 Å². The fraction of sp³-hybridized carbons (Fsp3) is 0.118. The van der Waals surface area contributed by atoms with Crippen molar-refractivity contribution in [3.05, 3.63) is 60.7 Å². The van der Waals surface area contributed by atoms with Crippen LogP contribution in [0.1, 0.15) is 6.04 Å². The number of fused-ring (bicyclic) bond motifs is 3. The summed E-state index contributed by atoms with van der Waals surface area (Å²) in [6.07, 6.45) is 6.15. The molecule has 92 valence electrons. The van der Waals surface area contributed by atoms with Gasteiger partial charge in [-0.2, -0.15) is 0 Å². The van der Waals surface area contributed by atoms with Gasteiger partial charge < -0.3 is 4.57 Å². The number of rotatable bonds is 1. The zero-order chi connectivity index (χ0) is 12.7. The van der Waals surface area contributed by atoms with Gasteiger partial charge in [0.25, 0.3) is 0 Å². The molecule has 3 aromatic rings. The molecule has 0 spiro atoms. The Balaban J connectivity index is 2.11. The van der Waals surface area contributed by atoms with Crippen LogP contribution in [0.4, 0.5) is 0 Å². The Morgan fingerprint density at radius 2 is 1.53 bits per heavy atom. The number of para-hydroxylation sites is 2. The molecule has 2 nitrogen and oxygen atoms in total. The van der Waals surface area contributed by atoms with Gasteiger partial charge in [0.05, 0.1) is 12.6 Å². The average molecular weight is 246 g/mol. The molecule has 0 aliphatic carbocycles. The standard InChI is InChI=1S/C17H14N2/c1-3-9-16-14(7-1)15-8-2-4-10-17(15)19(16)13-6-5-11-18-12-13/h1-11,13H,12H2/t13-/m0/s1. The van der Waals surface area contributed by atoms with E-state index >= 15 is 0 Å². The lowest BCUT2D eigenvalue weighted by molar-refractivity contribution is 0.652. The van der Waals surface area contributed by atoms with Crippen LogP contribution in [0.25, 0.3) is 21.8 Å². The van der Waals surface area contributed by atoms with E-state index in [0.29, 0.717) is 6.04 Å². The Labute approximate surface area is 111 Å². The molecule has 0 unspecified atom stereocenters. The van der Waals surface area contributed by atoms with Crippen molar-refractivity contribution in [2.24, 2.45) is 4.99 Å². The van der Waals surface area contributed by atoms with Crippen LogP contribution in [0, 0.1) is 0 Å². The molecule has 2 aromatic carbocycles. The highest BCUT2D eigenvalue weighted by molar-refractivity contribution is 6.08. The number of benzene rings is 2. The molecule has 4 rings (SSSR count). The highest BCUT2D eigenvalue weighted by atomic mass is 15.0. The number of nitrogens with zero attached hydrogens (tertiary/aromatic N) is 2. The molecule has 1 aliphatic heterocycles. The predicted octanol–water partition coefficient (Wildman–Crippen LogP) is 3.98. The van der Waals surface area contributed by atoms with Crippen LogP contribution in [-0.4, -0.2) is 17.3 Å². The summed E-state index contributed by atoms with van der Waals surface area (Å²) in [4.78, 5) is 4.40. The summed E-state index contributed by atoms with van der Waals surface area (Å²) in [6.45, 7) is 0.819. The molecule has 0 saturated carbocycles. The maximum absolute atomic E-state index is 4.40. The molecule has 19 heavy (non-hydrogen) atoms. The molecule has 1 aromatic heterocycles. The van der Waals surface area contributed by atoms with Crippen LogP contribution in [0.2, 0.25) is 0 Å². The highest BCUT2D eigenvalue weighted by Crippen LogP contribution is 2.32. The third kappa shape index (κ3) is 1.53. The first-order valence-electron chi connectivity index (χ1n) is 6.59. The molecule has 0 radical (unpaired) electrons. The van der Waals surface area contributed by atoms with Crippen molar-refractivity contribution in [2.45, 2.75) is 6.04 Å². The van der Waals surface area contributed by atoms with E-state index in [1.807, 2.05) is 12.3 Å². The normalized spacial score (nSPS) is 18.4. The third-order valence-electron chi connectivity index (χ3n) is 3.77. The topological polar surface area (TPSA) is 17.3 Å². The van der Waals surface area contributed by atoms with Gasteiger partial charge in [-0.1, -0.05) is 42.5 Å². The first kappa shape index (κ1) is 10.6. The number of aliphatic imine (C=N–C) groups is 1. The number of hydrogen-bond donors (Lipinski definition) is 0. The van der Waals surface area contributed by atoms with Crippen molar-refractivity contribution in [1.82, 2.24) is 4.57 Å². The molecule has 2 heteroatoms. The predicted molar refractivity (Wildman–Crippen MR) is 81.0 cm³/mol. The van der Waals surface area contributed by atoms with E-state index in [1.165, 1.54) is 21.8 Å². The molecule has 0 saturated heterocycles. The van der Waals surface area contributed by atoms with Crippen LogP contribution >= 0.6 is 0 Å². The fourth-order valence-electron chi connectivity index (χ4n) is 2.95. The minimum atomic E-state index is 0.315. The van der Waals surface area contributed by atoms with Crippen LogP contribution in [0.3, 0.4) is 0 Å². The second-order valence-electron chi connectivity index (χ2n) is 4.87. The molecule has 0 fully saturated rings. The zero-order valence-electron chi connectivity index (χ0n) is 10.5. The lowest BCUT2D eigenvalue weighted by Crippen LogP contribution is -2.11. The van der Waals surface area contributed by atoms with Gasteiger partial charge >= 0.3 is 0 Å². The Kier molecular flexibility index (Phi) is 2.27. The van der Waals surface area contributed by atoms with Gasteiger partial charge in [0, 0.05) is 28.0 Å². The second kappa shape index (κ2) is 4.09. The number of allylic oxidation sites excluding steroid dienone is 1. The van der Waals surface area contributed by atoms with Crippen molar-refractivity contribution in [1.29, 1.82) is 0 Å². The molecule has 2 heterocycles. The summed E-state index contributed by atoms with van der Waals surface area (Å²) in [6, 6.07) is 17.5. The van der Waals surface area contributed by atoms with Crippen molar-refractivity contribution < 1.29 is 0 Å². The summed E-state index contributed by atoms with van der Waals surface area (Å²) in [5, 5.41) is 2.64. The van der Waals surface area contributed by atoms with E-state index in [-0.39, 0.29) is 0 Å². The quantitative estimate of drug-likeness (QED) is 0.618. The van der Waals surface area contributed by atoms with Crippen molar-refractivity contribution in [3.63, 3.8) is 0 Å². The van der Waals surface area contributed by atoms with Crippen molar-refractivity contribution in [2.75, 3.05) is 6.54 Å². The van der Waals surface area contributed by atoms with Gasteiger partial charge in [0.2, 0.25) is 0 Å². The first-order chi connectivity index (χ1) is 9.45. The van der Waals surface area contributed by atoms with Crippen LogP contribution < -0.4 is 0 Å². The summed E-state index contributed by atoms with van der Waals surface area (Å²) >= 11 is 0.